The maximum absolute atomic E-state index is 14.9. The van der Waals surface area contributed by atoms with E-state index in [1.807, 2.05) is 0 Å². The van der Waals surface area contributed by atoms with Gasteiger partial charge in [-0.1, -0.05) is 11.8 Å². The largest absolute Gasteiger partial charge is 0.433 e. The number of aromatic nitrogens is 1. The Morgan fingerprint density at radius 2 is 2.06 bits per heavy atom. The lowest BCUT2D eigenvalue weighted by molar-refractivity contribution is -0.0500. The van der Waals surface area contributed by atoms with Crippen molar-refractivity contribution in [3.8, 4) is 5.75 Å². The molecule has 7 nitrogen and oxygen atoms in total. The number of aliphatic imine (C=N–C) groups is 1. The molecule has 0 radical (unpaired) electrons. The first-order chi connectivity index (χ1) is 15.7. The Balaban J connectivity index is 1.61. The fourth-order valence-electron chi connectivity index (χ4n) is 3.87. The van der Waals surface area contributed by atoms with Gasteiger partial charge in [0.1, 0.15) is 28.9 Å². The number of carbonyl (C=O) groups excluding carboxylic acids is 1. The highest BCUT2D eigenvalue weighted by Crippen LogP contribution is 2.49. The summed E-state index contributed by atoms with van der Waals surface area (Å²) < 4.78 is 75.9. The van der Waals surface area contributed by atoms with Crippen LogP contribution in [0.25, 0.3) is 0 Å². The third-order valence-electron chi connectivity index (χ3n) is 5.36. The number of anilines is 1. The number of pyridine rings is 1. The molecule has 4 rings (SSSR count). The molecular weight excluding hydrogens is 471 g/mol. The third-order valence-corrected chi connectivity index (χ3v) is 6.27. The molecule has 1 aromatic heterocycles. The molecule has 176 valence electrons. The van der Waals surface area contributed by atoms with Crippen LogP contribution in [0, 0.1) is 11.7 Å². The van der Waals surface area contributed by atoms with Crippen molar-refractivity contribution in [1.82, 2.24) is 4.98 Å². The SMILES string of the molecule is NC1=N[C@@]2(c3cc(NC(=O)c4ccc(OC(F)F)cn4)ccc3F)CO[C@H](C(F)F)[C@H]2CS1. The second-order valence-corrected chi connectivity index (χ2v) is 8.35. The van der Waals surface area contributed by atoms with E-state index in [0.29, 0.717) is 0 Å². The van der Waals surface area contributed by atoms with Crippen LogP contribution in [0.1, 0.15) is 16.1 Å². The minimum Gasteiger partial charge on any atom is -0.433 e. The van der Waals surface area contributed by atoms with Crippen LogP contribution in [0.3, 0.4) is 0 Å². The Labute approximate surface area is 188 Å². The van der Waals surface area contributed by atoms with Gasteiger partial charge in [0.2, 0.25) is 0 Å². The van der Waals surface area contributed by atoms with Crippen LogP contribution in [-0.2, 0) is 10.3 Å². The standard InChI is InChI=1S/C20H17F5N4O3S/c21-13-3-1-9(28-17(30)14-4-2-10(6-27-14)32-18(24)25)5-11(13)20-8-31-15(16(22)23)12(20)7-33-19(26)29-20/h1-6,12,15-16,18H,7-8H2,(H2,26,29)(H,28,30)/t12-,15+,20-/m1/s1. The van der Waals surface area contributed by atoms with Crippen LogP contribution < -0.4 is 15.8 Å². The van der Waals surface area contributed by atoms with Gasteiger partial charge < -0.3 is 20.5 Å². The van der Waals surface area contributed by atoms with Gasteiger partial charge in [0, 0.05) is 22.9 Å². The highest BCUT2D eigenvalue weighted by atomic mass is 32.2. The molecular formula is C20H17F5N4O3S. The fraction of sp³-hybridized carbons (Fsp3) is 0.350. The summed E-state index contributed by atoms with van der Waals surface area (Å²) in [6.07, 6.45) is -3.27. The molecule has 3 heterocycles. The number of carbonyl (C=O) groups is 1. The summed E-state index contributed by atoms with van der Waals surface area (Å²) in [5.74, 6) is -2.32. The average molecular weight is 488 g/mol. The predicted octanol–water partition coefficient (Wildman–Crippen LogP) is 3.61. The number of nitrogens with two attached hydrogens (primary N) is 1. The molecule has 2 aliphatic rings. The van der Waals surface area contributed by atoms with Crippen molar-refractivity contribution in [3.63, 3.8) is 0 Å². The van der Waals surface area contributed by atoms with Gasteiger partial charge in [0.25, 0.3) is 12.3 Å². The van der Waals surface area contributed by atoms with Gasteiger partial charge in [-0.2, -0.15) is 8.78 Å². The topological polar surface area (TPSA) is 98.8 Å². The van der Waals surface area contributed by atoms with E-state index in [0.717, 1.165) is 30.1 Å². The number of nitrogens with one attached hydrogen (secondary N) is 1. The number of fused-ring (bicyclic) bond motifs is 1. The number of rotatable bonds is 6. The summed E-state index contributed by atoms with van der Waals surface area (Å²) in [7, 11) is 0. The molecule has 0 bridgehead atoms. The monoisotopic (exact) mass is 488 g/mol. The van der Waals surface area contributed by atoms with Gasteiger partial charge in [0.15, 0.2) is 5.17 Å². The summed E-state index contributed by atoms with van der Waals surface area (Å²) in [6.45, 7) is -3.33. The van der Waals surface area contributed by atoms with E-state index < -0.39 is 42.3 Å². The number of hydrogen-bond acceptors (Lipinski definition) is 7. The second kappa shape index (κ2) is 9.14. The molecule has 2 aromatic rings. The number of nitrogens with zero attached hydrogens (tertiary/aromatic N) is 2. The highest BCUT2D eigenvalue weighted by molar-refractivity contribution is 8.13. The van der Waals surface area contributed by atoms with Crippen LogP contribution in [0.5, 0.6) is 5.75 Å². The van der Waals surface area contributed by atoms with Gasteiger partial charge >= 0.3 is 6.61 Å². The summed E-state index contributed by atoms with van der Waals surface area (Å²) in [4.78, 5) is 20.6. The maximum atomic E-state index is 14.9. The molecule has 13 heteroatoms. The van der Waals surface area contributed by atoms with E-state index >= 15 is 0 Å². The predicted molar refractivity (Wildman–Crippen MR) is 110 cm³/mol. The van der Waals surface area contributed by atoms with E-state index in [2.05, 4.69) is 20.0 Å². The van der Waals surface area contributed by atoms with Gasteiger partial charge in [-0.25, -0.2) is 23.1 Å². The maximum Gasteiger partial charge on any atom is 0.387 e. The van der Waals surface area contributed by atoms with Crippen LogP contribution in [0.2, 0.25) is 0 Å². The zero-order valence-electron chi connectivity index (χ0n) is 16.7. The van der Waals surface area contributed by atoms with E-state index in [1.165, 1.54) is 18.2 Å². The van der Waals surface area contributed by atoms with E-state index in [-0.39, 0.29) is 40.2 Å². The first-order valence-electron chi connectivity index (χ1n) is 9.60. The van der Waals surface area contributed by atoms with E-state index in [4.69, 9.17) is 10.5 Å². The van der Waals surface area contributed by atoms with Crippen molar-refractivity contribution in [3.05, 3.63) is 53.6 Å². The van der Waals surface area contributed by atoms with Crippen molar-refractivity contribution >= 4 is 28.5 Å². The van der Waals surface area contributed by atoms with Gasteiger partial charge in [-0.3, -0.25) is 4.79 Å². The average Bonchev–Trinajstić information content (AvgIpc) is 3.15. The minimum atomic E-state index is -3.04. The van der Waals surface area contributed by atoms with Gasteiger partial charge in [0.05, 0.1) is 12.8 Å². The second-order valence-electron chi connectivity index (χ2n) is 7.31. The normalized spacial score (nSPS) is 24.5. The molecule has 33 heavy (non-hydrogen) atoms. The molecule has 3 N–H and O–H groups in total. The van der Waals surface area contributed by atoms with Crippen molar-refractivity contribution in [1.29, 1.82) is 0 Å². The first-order valence-corrected chi connectivity index (χ1v) is 10.6. The summed E-state index contributed by atoms with van der Waals surface area (Å²) in [5.41, 5.74) is 4.36. The van der Waals surface area contributed by atoms with Crippen molar-refractivity contribution in [2.45, 2.75) is 24.7 Å². The highest BCUT2D eigenvalue weighted by Gasteiger charge is 2.56. The molecule has 3 atom stereocenters. The molecule has 1 amide bonds. The number of ether oxygens (including phenoxy) is 2. The summed E-state index contributed by atoms with van der Waals surface area (Å²) in [6, 6.07) is 5.96. The number of amides is 1. The zero-order chi connectivity index (χ0) is 23.8. The number of alkyl halides is 4. The van der Waals surface area contributed by atoms with Crippen molar-refractivity contribution < 1.29 is 36.2 Å². The molecule has 0 unspecified atom stereocenters. The number of hydrogen-bond donors (Lipinski definition) is 2. The van der Waals surface area contributed by atoms with E-state index in [1.54, 1.807) is 0 Å². The van der Waals surface area contributed by atoms with Crippen LogP contribution in [0.15, 0.2) is 41.5 Å². The quantitative estimate of drug-likeness (QED) is 0.603. The minimum absolute atomic E-state index is 0.0367. The zero-order valence-corrected chi connectivity index (χ0v) is 17.5. The Morgan fingerprint density at radius 1 is 1.27 bits per heavy atom. The van der Waals surface area contributed by atoms with Crippen LogP contribution in [0.4, 0.5) is 27.6 Å². The Morgan fingerprint density at radius 3 is 2.73 bits per heavy atom. The van der Waals surface area contributed by atoms with Crippen molar-refractivity contribution in [2.75, 3.05) is 17.7 Å². The summed E-state index contributed by atoms with van der Waals surface area (Å²) in [5, 5.41) is 2.64. The van der Waals surface area contributed by atoms with E-state index in [9.17, 15) is 26.7 Å². The smallest absolute Gasteiger partial charge is 0.387 e. The number of thioether (sulfide) groups is 1. The molecule has 1 aromatic carbocycles. The molecule has 0 spiro atoms. The lowest BCUT2D eigenvalue weighted by atomic mass is 9.78. The lowest BCUT2D eigenvalue weighted by Gasteiger charge is -2.35. The molecule has 1 fully saturated rings. The third kappa shape index (κ3) is 4.60. The number of amidine groups is 1. The molecule has 1 saturated heterocycles. The van der Waals surface area contributed by atoms with Crippen molar-refractivity contribution in [2.24, 2.45) is 16.6 Å². The fourth-order valence-corrected chi connectivity index (χ4v) is 4.92. The van der Waals surface area contributed by atoms with Gasteiger partial charge in [-0.15, -0.1) is 0 Å². The number of benzene rings is 1. The first kappa shape index (κ1) is 23.2. The van der Waals surface area contributed by atoms with Gasteiger partial charge in [-0.05, 0) is 30.3 Å². The Kier molecular flexibility index (Phi) is 6.43. The lowest BCUT2D eigenvalue weighted by Crippen LogP contribution is -2.43. The number of halogens is 5. The molecule has 0 saturated carbocycles. The summed E-state index contributed by atoms with van der Waals surface area (Å²) >= 11 is 1.09. The molecule has 0 aliphatic carbocycles. The Hall–Kier alpha value is -2.93. The van der Waals surface area contributed by atoms with Crippen LogP contribution in [-0.4, -0.2) is 47.6 Å². The molecule has 2 aliphatic heterocycles. The Bertz CT molecular complexity index is 1070. The van der Waals surface area contributed by atoms with Crippen LogP contribution >= 0.6 is 11.8 Å².